The maximum Gasteiger partial charge on any atom is 0.253 e. The van der Waals surface area contributed by atoms with Gasteiger partial charge in [-0.05, 0) is 23.8 Å². The van der Waals surface area contributed by atoms with E-state index in [1.54, 1.807) is 24.3 Å². The number of nitrogens with one attached hydrogen (secondary N) is 1. The van der Waals surface area contributed by atoms with Crippen molar-refractivity contribution < 1.29 is 27.8 Å². The monoisotopic (exact) mass is 442 g/mol. The first-order valence-electron chi connectivity index (χ1n) is 8.58. The van der Waals surface area contributed by atoms with Gasteiger partial charge in [0, 0.05) is 17.6 Å². The zero-order valence-corrected chi connectivity index (χ0v) is 17.9. The fourth-order valence-electron chi connectivity index (χ4n) is 2.66. The van der Waals surface area contributed by atoms with Crippen molar-refractivity contribution in [3.63, 3.8) is 0 Å². The second-order valence-electron chi connectivity index (χ2n) is 6.10. The molecule has 8 nitrogen and oxygen atoms in total. The molecule has 2 N–H and O–H groups in total. The van der Waals surface area contributed by atoms with E-state index in [-0.39, 0.29) is 42.4 Å². The second-order valence-corrected chi connectivity index (χ2v) is 8.44. The average Bonchev–Trinajstić information content (AvgIpc) is 2.69. The Bertz CT molecular complexity index is 963. The summed E-state index contributed by atoms with van der Waals surface area (Å²) in [4.78, 5) is 12.7. The van der Waals surface area contributed by atoms with E-state index in [1.807, 2.05) is 0 Å². The molecule has 2 rings (SSSR count). The van der Waals surface area contributed by atoms with Gasteiger partial charge in [-0.1, -0.05) is 23.7 Å². The molecule has 0 unspecified atom stereocenters. The highest BCUT2D eigenvalue weighted by molar-refractivity contribution is 7.92. The first-order chi connectivity index (χ1) is 13.7. The lowest BCUT2D eigenvalue weighted by Crippen LogP contribution is -2.33. The van der Waals surface area contributed by atoms with E-state index >= 15 is 0 Å². The molecular weight excluding hydrogens is 420 g/mol. The summed E-state index contributed by atoms with van der Waals surface area (Å²) in [5.74, 6) is -0.0175. The van der Waals surface area contributed by atoms with Crippen LogP contribution < -0.4 is 19.1 Å². The molecule has 0 fully saturated rings. The number of carbonyl (C=O) groups excluding carboxylic acids is 1. The van der Waals surface area contributed by atoms with Gasteiger partial charge in [0.15, 0.2) is 11.5 Å². The van der Waals surface area contributed by atoms with Crippen LogP contribution in [0.5, 0.6) is 11.5 Å². The molecule has 0 bridgehead atoms. The zero-order chi connectivity index (χ0) is 21.6. The van der Waals surface area contributed by atoms with Crippen LogP contribution in [0.3, 0.4) is 0 Å². The third-order valence-electron chi connectivity index (χ3n) is 4.05. The van der Waals surface area contributed by atoms with Crippen molar-refractivity contribution in [3.05, 3.63) is 52.5 Å². The number of amides is 1. The predicted molar refractivity (Wildman–Crippen MR) is 111 cm³/mol. The van der Waals surface area contributed by atoms with Crippen molar-refractivity contribution in [2.75, 3.05) is 37.9 Å². The topological polar surface area (TPSA) is 105 Å². The number of carbonyl (C=O) groups is 1. The molecule has 0 saturated heterocycles. The molecule has 0 heterocycles. The van der Waals surface area contributed by atoms with Gasteiger partial charge in [-0.15, -0.1) is 0 Å². The van der Waals surface area contributed by atoms with Crippen LogP contribution in [0.1, 0.15) is 15.9 Å². The van der Waals surface area contributed by atoms with Gasteiger partial charge in [-0.25, -0.2) is 8.42 Å². The fraction of sp³-hybridized carbons (Fsp3) is 0.316. The van der Waals surface area contributed by atoms with Gasteiger partial charge in [0.1, 0.15) is 0 Å². The number of sulfonamides is 1. The van der Waals surface area contributed by atoms with Crippen LogP contribution in [0.2, 0.25) is 5.02 Å². The summed E-state index contributed by atoms with van der Waals surface area (Å²) in [6.45, 7) is -0.261. The van der Waals surface area contributed by atoms with E-state index in [1.165, 1.54) is 26.4 Å². The van der Waals surface area contributed by atoms with E-state index < -0.39 is 15.9 Å². The Morgan fingerprint density at radius 1 is 1.14 bits per heavy atom. The number of hydrogen-bond acceptors (Lipinski definition) is 6. The molecule has 2 aromatic rings. The SMILES string of the molecule is COc1cc(C(=O)NCCO)c(N(Cc2ccc(Cl)cc2)S(C)(=O)=O)cc1OC. The normalized spacial score (nSPS) is 11.1. The molecule has 0 atom stereocenters. The van der Waals surface area contributed by atoms with Crippen LogP contribution in [0.4, 0.5) is 5.69 Å². The average molecular weight is 443 g/mol. The minimum Gasteiger partial charge on any atom is -0.493 e. The molecule has 0 aromatic heterocycles. The minimum atomic E-state index is -3.77. The number of aliphatic hydroxyl groups excluding tert-OH is 1. The van der Waals surface area contributed by atoms with Crippen LogP contribution in [0, 0.1) is 0 Å². The first kappa shape index (κ1) is 22.8. The molecule has 1 amide bonds. The number of hydrogen-bond donors (Lipinski definition) is 2. The standard InChI is InChI=1S/C19H23ClN2O6S/c1-27-17-10-15(19(24)21-8-9-23)16(11-18(17)28-2)22(29(3,25)26)12-13-4-6-14(20)7-5-13/h4-7,10-11,23H,8-9,12H2,1-3H3,(H,21,24). The summed E-state index contributed by atoms with van der Waals surface area (Å²) in [5.41, 5.74) is 0.863. The molecule has 0 aliphatic carbocycles. The Hall–Kier alpha value is -2.49. The minimum absolute atomic E-state index is 0.0165. The molecule has 0 aliphatic rings. The summed E-state index contributed by atoms with van der Waals surface area (Å²) in [6.07, 6.45) is 1.05. The van der Waals surface area contributed by atoms with E-state index in [9.17, 15) is 13.2 Å². The first-order valence-corrected chi connectivity index (χ1v) is 10.8. The summed E-state index contributed by atoms with van der Waals surface area (Å²) in [6, 6.07) is 9.55. The van der Waals surface area contributed by atoms with Crippen molar-refractivity contribution in [1.82, 2.24) is 5.32 Å². The van der Waals surface area contributed by atoms with E-state index in [2.05, 4.69) is 5.32 Å². The number of benzene rings is 2. The van der Waals surface area contributed by atoms with E-state index in [4.69, 9.17) is 26.2 Å². The van der Waals surface area contributed by atoms with Crippen molar-refractivity contribution in [2.24, 2.45) is 0 Å². The van der Waals surface area contributed by atoms with Gasteiger partial charge < -0.3 is 19.9 Å². The lowest BCUT2D eigenvalue weighted by Gasteiger charge is -2.26. The van der Waals surface area contributed by atoms with Crippen molar-refractivity contribution in [3.8, 4) is 11.5 Å². The molecule has 0 spiro atoms. The van der Waals surface area contributed by atoms with Crippen molar-refractivity contribution >= 4 is 33.2 Å². The lowest BCUT2D eigenvalue weighted by molar-refractivity contribution is 0.0945. The number of anilines is 1. The fourth-order valence-corrected chi connectivity index (χ4v) is 3.68. The second kappa shape index (κ2) is 9.82. The summed E-state index contributed by atoms with van der Waals surface area (Å²) < 4.78 is 36.8. The largest absolute Gasteiger partial charge is 0.493 e. The van der Waals surface area contributed by atoms with Crippen LogP contribution in [-0.4, -0.2) is 53.1 Å². The Balaban J connectivity index is 2.63. The number of halogens is 1. The predicted octanol–water partition coefficient (Wildman–Crippen LogP) is 2.05. The van der Waals surface area contributed by atoms with Crippen LogP contribution in [-0.2, 0) is 16.6 Å². The van der Waals surface area contributed by atoms with Gasteiger partial charge in [0.2, 0.25) is 10.0 Å². The van der Waals surface area contributed by atoms with Gasteiger partial charge in [-0.2, -0.15) is 0 Å². The molecule has 29 heavy (non-hydrogen) atoms. The molecule has 0 radical (unpaired) electrons. The molecule has 0 aliphatic heterocycles. The highest BCUT2D eigenvalue weighted by atomic mass is 35.5. The Kier molecular flexibility index (Phi) is 7.72. The summed E-state index contributed by atoms with van der Waals surface area (Å²) in [7, 11) is -0.947. The molecule has 0 saturated carbocycles. The van der Waals surface area contributed by atoms with Crippen molar-refractivity contribution in [1.29, 1.82) is 0 Å². The highest BCUT2D eigenvalue weighted by Crippen LogP contribution is 2.37. The highest BCUT2D eigenvalue weighted by Gasteiger charge is 2.26. The van der Waals surface area contributed by atoms with Gasteiger partial charge in [0.05, 0.1) is 44.9 Å². The lowest BCUT2D eigenvalue weighted by atomic mass is 10.1. The van der Waals surface area contributed by atoms with Gasteiger partial charge in [0.25, 0.3) is 5.91 Å². The van der Waals surface area contributed by atoms with Crippen LogP contribution in [0.25, 0.3) is 0 Å². The summed E-state index contributed by atoms with van der Waals surface area (Å²) >= 11 is 5.91. The van der Waals surface area contributed by atoms with E-state index in [0.717, 1.165) is 10.6 Å². The third kappa shape index (κ3) is 5.75. The zero-order valence-electron chi connectivity index (χ0n) is 16.3. The number of methoxy groups -OCH3 is 2. The van der Waals surface area contributed by atoms with Gasteiger partial charge >= 0.3 is 0 Å². The Morgan fingerprint density at radius 3 is 2.24 bits per heavy atom. The van der Waals surface area contributed by atoms with E-state index in [0.29, 0.717) is 10.6 Å². The molecule has 158 valence electrons. The smallest absolute Gasteiger partial charge is 0.253 e. The Morgan fingerprint density at radius 2 is 1.72 bits per heavy atom. The third-order valence-corrected chi connectivity index (χ3v) is 5.43. The molecule has 2 aromatic carbocycles. The van der Waals surface area contributed by atoms with Crippen molar-refractivity contribution in [2.45, 2.75) is 6.54 Å². The number of nitrogens with zero attached hydrogens (tertiary/aromatic N) is 1. The van der Waals surface area contributed by atoms with Gasteiger partial charge in [-0.3, -0.25) is 9.10 Å². The quantitative estimate of drug-likeness (QED) is 0.615. The number of ether oxygens (including phenoxy) is 2. The summed E-state index contributed by atoms with van der Waals surface area (Å²) in [5, 5.41) is 12.0. The molecular formula is C19H23ClN2O6S. The maximum absolute atomic E-state index is 12.7. The van der Waals surface area contributed by atoms with Crippen LogP contribution in [0.15, 0.2) is 36.4 Å². The van der Waals surface area contributed by atoms with Crippen LogP contribution >= 0.6 is 11.6 Å². The maximum atomic E-state index is 12.7. The number of rotatable bonds is 9. The Labute approximate surface area is 175 Å². The molecule has 10 heteroatoms. The number of aliphatic hydroxyl groups is 1.